The number of hydrogen-bond acceptors (Lipinski definition) is 2. The fourth-order valence-electron chi connectivity index (χ4n) is 0.920. The summed E-state index contributed by atoms with van der Waals surface area (Å²) in [6, 6.07) is 0. The van der Waals surface area contributed by atoms with Gasteiger partial charge in [-0.15, -0.1) is 0 Å². The number of ketones is 1. The maximum atomic E-state index is 11.1. The Morgan fingerprint density at radius 2 is 2.00 bits per heavy atom. The van der Waals surface area contributed by atoms with Gasteiger partial charge in [-0.05, 0) is 0 Å². The van der Waals surface area contributed by atoms with Gasteiger partial charge in [0.25, 0.3) is 0 Å². The molecule has 2 nitrogen and oxygen atoms in total. The van der Waals surface area contributed by atoms with E-state index < -0.39 is 0 Å². The highest BCUT2D eigenvalue weighted by atomic mass is 16.5. The molecule has 0 amide bonds. The fraction of sp³-hybridized carbons (Fsp3) is 0.875. The van der Waals surface area contributed by atoms with Gasteiger partial charge in [-0.3, -0.25) is 4.79 Å². The Labute approximate surface area is 62.6 Å². The zero-order valence-electron chi connectivity index (χ0n) is 7.23. The lowest BCUT2D eigenvalue weighted by molar-refractivity contribution is -0.129. The zero-order valence-corrected chi connectivity index (χ0v) is 7.23. The van der Waals surface area contributed by atoms with Gasteiger partial charge < -0.3 is 4.74 Å². The molecule has 0 fully saturated rings. The summed E-state index contributed by atoms with van der Waals surface area (Å²) in [6.07, 6.45) is 0.594. The van der Waals surface area contributed by atoms with E-state index in [1.54, 1.807) is 7.11 Å². The van der Waals surface area contributed by atoms with Crippen molar-refractivity contribution in [2.45, 2.75) is 27.2 Å². The van der Waals surface area contributed by atoms with Crippen molar-refractivity contribution < 1.29 is 9.53 Å². The van der Waals surface area contributed by atoms with Crippen LogP contribution in [0.2, 0.25) is 0 Å². The molecule has 0 aromatic heterocycles. The van der Waals surface area contributed by atoms with E-state index in [2.05, 4.69) is 0 Å². The zero-order chi connectivity index (χ0) is 8.20. The largest absolute Gasteiger partial charge is 0.384 e. The summed E-state index contributed by atoms with van der Waals surface area (Å²) in [7, 11) is 1.62. The number of ether oxygens (including phenoxy) is 1. The van der Waals surface area contributed by atoms with Crippen LogP contribution < -0.4 is 0 Å². The Hall–Kier alpha value is -0.370. The van der Waals surface area contributed by atoms with Crippen LogP contribution in [-0.4, -0.2) is 19.5 Å². The van der Waals surface area contributed by atoms with Crippen LogP contribution in [0.15, 0.2) is 0 Å². The van der Waals surface area contributed by atoms with Gasteiger partial charge >= 0.3 is 0 Å². The molecule has 0 rings (SSSR count). The van der Waals surface area contributed by atoms with Crippen LogP contribution in [0.25, 0.3) is 0 Å². The van der Waals surface area contributed by atoms with Gasteiger partial charge in [-0.25, -0.2) is 0 Å². The number of hydrogen-bond donors (Lipinski definition) is 0. The first-order chi connectivity index (χ1) is 4.54. The van der Waals surface area contributed by atoms with E-state index in [0.29, 0.717) is 13.0 Å². The molecular weight excluding hydrogens is 128 g/mol. The SMILES string of the molecule is CCC(=O)C(C)(C)COC. The Balaban J connectivity index is 3.96. The van der Waals surface area contributed by atoms with Gasteiger partial charge in [0.05, 0.1) is 6.61 Å². The molecule has 0 saturated heterocycles. The van der Waals surface area contributed by atoms with Gasteiger partial charge in [0, 0.05) is 18.9 Å². The molecule has 0 aromatic carbocycles. The first-order valence-corrected chi connectivity index (χ1v) is 3.57. The monoisotopic (exact) mass is 144 g/mol. The van der Waals surface area contributed by atoms with E-state index in [4.69, 9.17) is 4.74 Å². The topological polar surface area (TPSA) is 26.3 Å². The van der Waals surface area contributed by atoms with Crippen LogP contribution in [0.5, 0.6) is 0 Å². The number of methoxy groups -OCH3 is 1. The highest BCUT2D eigenvalue weighted by Gasteiger charge is 2.25. The summed E-state index contributed by atoms with van der Waals surface area (Å²) < 4.78 is 4.91. The normalized spacial score (nSPS) is 11.6. The molecule has 0 spiro atoms. The van der Waals surface area contributed by atoms with E-state index in [9.17, 15) is 4.79 Å². The van der Waals surface area contributed by atoms with Crippen molar-refractivity contribution in [1.82, 2.24) is 0 Å². The Morgan fingerprint density at radius 3 is 2.30 bits per heavy atom. The van der Waals surface area contributed by atoms with E-state index in [0.717, 1.165) is 0 Å². The molecule has 60 valence electrons. The molecule has 10 heavy (non-hydrogen) atoms. The lowest BCUT2D eigenvalue weighted by atomic mass is 9.88. The molecule has 0 atom stereocenters. The van der Waals surface area contributed by atoms with Gasteiger partial charge in [0.1, 0.15) is 5.78 Å². The van der Waals surface area contributed by atoms with Crippen molar-refractivity contribution in [2.75, 3.05) is 13.7 Å². The van der Waals surface area contributed by atoms with Crippen molar-refractivity contribution in [2.24, 2.45) is 5.41 Å². The standard InChI is InChI=1S/C8H16O2/c1-5-7(9)8(2,3)6-10-4/h5-6H2,1-4H3. The molecule has 0 aromatic rings. The summed E-state index contributed by atoms with van der Waals surface area (Å²) >= 11 is 0. The molecule has 2 heteroatoms. The van der Waals surface area contributed by atoms with E-state index in [1.807, 2.05) is 20.8 Å². The smallest absolute Gasteiger partial charge is 0.140 e. The van der Waals surface area contributed by atoms with Gasteiger partial charge in [-0.1, -0.05) is 20.8 Å². The minimum absolute atomic E-state index is 0.259. The quantitative estimate of drug-likeness (QED) is 0.599. The molecule has 0 heterocycles. The van der Waals surface area contributed by atoms with Crippen LogP contribution in [0.1, 0.15) is 27.2 Å². The molecule has 0 saturated carbocycles. The molecule has 0 radical (unpaired) electrons. The Kier molecular flexibility index (Phi) is 3.58. The maximum Gasteiger partial charge on any atom is 0.140 e. The van der Waals surface area contributed by atoms with Crippen molar-refractivity contribution >= 4 is 5.78 Å². The summed E-state index contributed by atoms with van der Waals surface area (Å²) in [6.45, 7) is 6.20. The second-order valence-corrected chi connectivity index (χ2v) is 3.09. The number of carbonyl (C=O) groups is 1. The van der Waals surface area contributed by atoms with Crippen molar-refractivity contribution in [3.8, 4) is 0 Å². The van der Waals surface area contributed by atoms with Crippen LogP contribution in [-0.2, 0) is 9.53 Å². The lowest BCUT2D eigenvalue weighted by Crippen LogP contribution is -2.28. The molecule has 0 N–H and O–H groups in total. The highest BCUT2D eigenvalue weighted by molar-refractivity contribution is 5.83. The average Bonchev–Trinajstić information content (AvgIpc) is 1.86. The Bertz CT molecular complexity index is 116. The fourth-order valence-corrected chi connectivity index (χ4v) is 0.920. The summed E-state index contributed by atoms with van der Waals surface area (Å²) in [5.74, 6) is 0.259. The van der Waals surface area contributed by atoms with Crippen LogP contribution in [0.3, 0.4) is 0 Å². The number of rotatable bonds is 4. The van der Waals surface area contributed by atoms with Crippen molar-refractivity contribution in [3.05, 3.63) is 0 Å². The second-order valence-electron chi connectivity index (χ2n) is 3.09. The Morgan fingerprint density at radius 1 is 1.50 bits per heavy atom. The summed E-state index contributed by atoms with van der Waals surface area (Å²) in [5, 5.41) is 0. The molecule has 0 aliphatic rings. The average molecular weight is 144 g/mol. The highest BCUT2D eigenvalue weighted by Crippen LogP contribution is 2.17. The van der Waals surface area contributed by atoms with Crippen molar-refractivity contribution in [3.63, 3.8) is 0 Å². The van der Waals surface area contributed by atoms with Gasteiger partial charge in [0.2, 0.25) is 0 Å². The molecular formula is C8H16O2. The predicted octanol–water partition coefficient (Wildman–Crippen LogP) is 1.64. The van der Waals surface area contributed by atoms with E-state index in [1.165, 1.54) is 0 Å². The van der Waals surface area contributed by atoms with Crippen LogP contribution >= 0.6 is 0 Å². The first-order valence-electron chi connectivity index (χ1n) is 3.57. The number of carbonyl (C=O) groups excluding carboxylic acids is 1. The molecule has 0 unspecified atom stereocenters. The van der Waals surface area contributed by atoms with E-state index >= 15 is 0 Å². The minimum atomic E-state index is -0.302. The second kappa shape index (κ2) is 3.71. The maximum absolute atomic E-state index is 11.1. The first kappa shape index (κ1) is 9.63. The third kappa shape index (κ3) is 2.48. The molecule has 0 bridgehead atoms. The number of Topliss-reactive ketones (excluding diaryl/α,β-unsaturated/α-hetero) is 1. The molecule has 0 aliphatic heterocycles. The third-order valence-electron chi connectivity index (χ3n) is 1.58. The van der Waals surface area contributed by atoms with Crippen LogP contribution in [0, 0.1) is 5.41 Å². The van der Waals surface area contributed by atoms with Gasteiger partial charge in [0.15, 0.2) is 0 Å². The third-order valence-corrected chi connectivity index (χ3v) is 1.58. The van der Waals surface area contributed by atoms with Gasteiger partial charge in [-0.2, -0.15) is 0 Å². The summed E-state index contributed by atoms with van der Waals surface area (Å²) in [4.78, 5) is 11.1. The van der Waals surface area contributed by atoms with Crippen molar-refractivity contribution in [1.29, 1.82) is 0 Å². The van der Waals surface area contributed by atoms with E-state index in [-0.39, 0.29) is 11.2 Å². The van der Waals surface area contributed by atoms with Crippen LogP contribution in [0.4, 0.5) is 0 Å². The molecule has 0 aliphatic carbocycles. The summed E-state index contributed by atoms with van der Waals surface area (Å²) in [5.41, 5.74) is -0.302. The predicted molar refractivity (Wildman–Crippen MR) is 41.0 cm³/mol. The lowest BCUT2D eigenvalue weighted by Gasteiger charge is -2.20. The minimum Gasteiger partial charge on any atom is -0.384 e.